The van der Waals surface area contributed by atoms with Crippen LogP contribution in [0, 0.1) is 52.8 Å². The van der Waals surface area contributed by atoms with Gasteiger partial charge in [-0.25, -0.2) is 0 Å². The molecule has 4 aliphatic carbocycles. The van der Waals surface area contributed by atoms with Crippen molar-refractivity contribution in [3.05, 3.63) is 11.6 Å². The lowest BCUT2D eigenvalue weighted by Gasteiger charge is -2.63. The first-order valence-corrected chi connectivity index (χ1v) is 11.2. The number of hydrogen-bond acceptors (Lipinski definition) is 2. The maximum atomic E-state index is 6.68. The Kier molecular flexibility index (Phi) is 3.81. The molecule has 0 aromatic heterocycles. The predicted octanol–water partition coefficient (Wildman–Crippen LogP) is 5.57. The van der Waals surface area contributed by atoms with E-state index in [1.54, 1.807) is 0 Å². The van der Waals surface area contributed by atoms with Gasteiger partial charge in [-0.3, -0.25) is 0 Å². The molecule has 0 radical (unpaired) electrons. The molecule has 0 aromatic carbocycles. The second kappa shape index (κ2) is 5.64. The predicted molar refractivity (Wildman–Crippen MR) is 108 cm³/mol. The minimum atomic E-state index is -0.458. The van der Waals surface area contributed by atoms with E-state index in [4.69, 9.17) is 15.9 Å². The van der Waals surface area contributed by atoms with Crippen LogP contribution in [0.1, 0.15) is 73.1 Å². The van der Waals surface area contributed by atoms with E-state index in [9.17, 15) is 0 Å². The number of rotatable bonds is 0. The molecule has 5 unspecified atom stereocenters. The van der Waals surface area contributed by atoms with Gasteiger partial charge < -0.3 is 9.47 Å². The monoisotopic (exact) mass is 368 g/mol. The van der Waals surface area contributed by atoms with Crippen LogP contribution in [0.15, 0.2) is 11.6 Å². The molecule has 2 heteroatoms. The minimum Gasteiger partial charge on any atom is -0.344 e. The van der Waals surface area contributed by atoms with Gasteiger partial charge >= 0.3 is 0 Å². The van der Waals surface area contributed by atoms with E-state index < -0.39 is 5.79 Å². The molecular formula is C25H36O2. The van der Waals surface area contributed by atoms with Crippen LogP contribution in [0.25, 0.3) is 0 Å². The van der Waals surface area contributed by atoms with Gasteiger partial charge in [0.05, 0.1) is 12.2 Å². The summed E-state index contributed by atoms with van der Waals surface area (Å²) in [7, 11) is 0. The van der Waals surface area contributed by atoms with Crippen LogP contribution in [-0.4, -0.2) is 18.0 Å². The first kappa shape index (κ1) is 18.3. The van der Waals surface area contributed by atoms with Gasteiger partial charge in [0.2, 0.25) is 0 Å². The van der Waals surface area contributed by atoms with E-state index in [1.807, 2.05) is 0 Å². The molecule has 0 amide bonds. The Morgan fingerprint density at radius 3 is 2.48 bits per heavy atom. The fourth-order valence-electron chi connectivity index (χ4n) is 8.18. The number of terminal acetylenes is 1. The molecule has 2 nitrogen and oxygen atoms in total. The highest BCUT2D eigenvalue weighted by Crippen LogP contribution is 2.68. The van der Waals surface area contributed by atoms with Crippen molar-refractivity contribution in [2.45, 2.75) is 91.1 Å². The first-order chi connectivity index (χ1) is 12.7. The molecule has 4 fully saturated rings. The molecule has 3 saturated carbocycles. The van der Waals surface area contributed by atoms with Crippen LogP contribution in [0.5, 0.6) is 0 Å². The lowest BCUT2D eigenvalue weighted by atomic mass is 9.43. The summed E-state index contributed by atoms with van der Waals surface area (Å²) >= 11 is 0. The van der Waals surface area contributed by atoms with E-state index in [0.717, 1.165) is 18.3 Å². The van der Waals surface area contributed by atoms with E-state index in [1.165, 1.54) is 37.7 Å². The molecular weight excluding hydrogens is 332 g/mol. The Hall–Kier alpha value is -0.780. The highest BCUT2D eigenvalue weighted by Gasteiger charge is 2.67. The average Bonchev–Trinajstić information content (AvgIpc) is 3.11. The fourth-order valence-corrected chi connectivity index (χ4v) is 8.18. The summed E-state index contributed by atoms with van der Waals surface area (Å²) in [4.78, 5) is 0. The molecule has 148 valence electrons. The van der Waals surface area contributed by atoms with Crippen molar-refractivity contribution in [2.24, 2.45) is 40.4 Å². The molecule has 0 N–H and O–H groups in total. The van der Waals surface area contributed by atoms with Gasteiger partial charge in [0.25, 0.3) is 0 Å². The quantitative estimate of drug-likeness (QED) is 0.520. The van der Waals surface area contributed by atoms with Crippen molar-refractivity contribution >= 4 is 0 Å². The molecule has 0 bridgehead atoms. The standard InChI is InChI=1S/C25H36O2/c1-7-16-8-9-17-20-18(11-13-24(16,17)5)25(6)12-10-15(2)14-19(25)21-22(20)27-23(3,4)26-21/h1,8,15,17-22H,9-14H2,2-6H3/t15-,17?,18?,19?,20?,21+,22?,24+,25+/m0/s1. The van der Waals surface area contributed by atoms with Crippen LogP contribution >= 0.6 is 0 Å². The van der Waals surface area contributed by atoms with Crippen molar-refractivity contribution in [1.82, 2.24) is 0 Å². The third-order valence-electron chi connectivity index (χ3n) is 9.53. The van der Waals surface area contributed by atoms with Gasteiger partial charge in [-0.1, -0.05) is 39.2 Å². The molecule has 27 heavy (non-hydrogen) atoms. The number of fused-ring (bicyclic) bond motifs is 8. The van der Waals surface area contributed by atoms with Crippen molar-refractivity contribution in [3.63, 3.8) is 0 Å². The first-order valence-electron chi connectivity index (χ1n) is 11.2. The summed E-state index contributed by atoms with van der Waals surface area (Å²) in [6.45, 7) is 11.7. The van der Waals surface area contributed by atoms with Crippen molar-refractivity contribution in [1.29, 1.82) is 0 Å². The van der Waals surface area contributed by atoms with Crippen molar-refractivity contribution < 1.29 is 9.47 Å². The third kappa shape index (κ3) is 2.34. The molecule has 1 heterocycles. The van der Waals surface area contributed by atoms with E-state index >= 15 is 0 Å². The van der Waals surface area contributed by atoms with Gasteiger partial charge in [0.15, 0.2) is 5.79 Å². The largest absolute Gasteiger partial charge is 0.344 e. The topological polar surface area (TPSA) is 18.5 Å². The zero-order chi connectivity index (χ0) is 19.2. The Labute approximate surface area is 165 Å². The molecule has 9 atom stereocenters. The maximum absolute atomic E-state index is 6.68. The van der Waals surface area contributed by atoms with Gasteiger partial charge in [-0.05, 0) is 81.0 Å². The Bertz CT molecular complexity index is 714. The number of ether oxygens (including phenoxy) is 2. The van der Waals surface area contributed by atoms with Gasteiger partial charge in [0, 0.05) is 11.0 Å². The Morgan fingerprint density at radius 2 is 1.74 bits per heavy atom. The second-order valence-corrected chi connectivity index (χ2v) is 11.3. The average molecular weight is 369 g/mol. The lowest BCUT2D eigenvalue weighted by molar-refractivity contribution is -0.177. The number of hydrogen-bond donors (Lipinski definition) is 0. The third-order valence-corrected chi connectivity index (χ3v) is 9.53. The Morgan fingerprint density at radius 1 is 1.00 bits per heavy atom. The summed E-state index contributed by atoms with van der Waals surface area (Å²) in [5.41, 5.74) is 1.81. The van der Waals surface area contributed by atoms with Gasteiger partial charge in [-0.15, -0.1) is 6.42 Å². The maximum Gasteiger partial charge on any atom is 0.163 e. The molecule has 1 saturated heterocycles. The smallest absolute Gasteiger partial charge is 0.163 e. The normalized spacial score (nSPS) is 55.6. The van der Waals surface area contributed by atoms with Crippen molar-refractivity contribution in [2.75, 3.05) is 0 Å². The summed E-state index contributed by atoms with van der Waals surface area (Å²) < 4.78 is 13.3. The highest BCUT2D eigenvalue weighted by molar-refractivity contribution is 5.38. The van der Waals surface area contributed by atoms with E-state index in [0.29, 0.717) is 23.2 Å². The van der Waals surface area contributed by atoms with E-state index in [-0.39, 0.29) is 17.6 Å². The summed E-state index contributed by atoms with van der Waals surface area (Å²) in [5.74, 6) is 5.96. The summed E-state index contributed by atoms with van der Waals surface area (Å²) in [6, 6.07) is 0. The summed E-state index contributed by atoms with van der Waals surface area (Å²) in [5, 5.41) is 0. The Balaban J connectivity index is 1.59. The van der Waals surface area contributed by atoms with Gasteiger partial charge in [0.1, 0.15) is 0 Å². The zero-order valence-electron chi connectivity index (χ0n) is 17.8. The lowest BCUT2D eigenvalue weighted by Crippen LogP contribution is -2.62. The highest BCUT2D eigenvalue weighted by atomic mass is 16.8. The van der Waals surface area contributed by atoms with Crippen molar-refractivity contribution in [3.8, 4) is 12.3 Å². The van der Waals surface area contributed by atoms with Crippen LogP contribution < -0.4 is 0 Å². The fraction of sp³-hybridized carbons (Fsp3) is 0.840. The van der Waals surface area contributed by atoms with Crippen LogP contribution in [-0.2, 0) is 9.47 Å². The van der Waals surface area contributed by atoms with Crippen LogP contribution in [0.2, 0.25) is 0 Å². The molecule has 1 aliphatic heterocycles. The molecule has 5 rings (SSSR count). The number of allylic oxidation sites excluding steroid dienone is 2. The minimum absolute atomic E-state index is 0.168. The van der Waals surface area contributed by atoms with Crippen LogP contribution in [0.3, 0.4) is 0 Å². The summed E-state index contributed by atoms with van der Waals surface area (Å²) in [6.07, 6.45) is 16.5. The van der Waals surface area contributed by atoms with E-state index in [2.05, 4.69) is 46.6 Å². The SMILES string of the molecule is C#CC1=CCC2C3C4OC(C)(C)O[C@@H]4C4C[C@@H](C)CC[C@]4(C)C3CC[C@]12C. The molecule has 0 aromatic rings. The molecule has 0 spiro atoms. The van der Waals surface area contributed by atoms with Crippen LogP contribution in [0.4, 0.5) is 0 Å². The van der Waals surface area contributed by atoms with Gasteiger partial charge in [-0.2, -0.15) is 0 Å². The zero-order valence-corrected chi connectivity index (χ0v) is 17.8. The molecule has 5 aliphatic rings. The second-order valence-electron chi connectivity index (χ2n) is 11.3.